The standard InChI is InChI=1S/C14H23N3/c1-3-15-9-13-10-16-7-6-14(13)17-8-4-5-12(2)11-17/h6-7,10,12,15H,3-5,8-9,11H2,1-2H3. The molecule has 1 saturated heterocycles. The number of nitrogens with zero attached hydrogens (tertiary/aromatic N) is 2. The molecule has 0 amide bonds. The number of hydrogen-bond donors (Lipinski definition) is 1. The van der Waals surface area contributed by atoms with Crippen LogP contribution in [0.2, 0.25) is 0 Å². The quantitative estimate of drug-likeness (QED) is 0.865. The van der Waals surface area contributed by atoms with E-state index < -0.39 is 0 Å². The van der Waals surface area contributed by atoms with Crippen molar-refractivity contribution in [3.63, 3.8) is 0 Å². The van der Waals surface area contributed by atoms with Gasteiger partial charge in [-0.05, 0) is 31.4 Å². The van der Waals surface area contributed by atoms with Gasteiger partial charge in [0.15, 0.2) is 0 Å². The summed E-state index contributed by atoms with van der Waals surface area (Å²) in [7, 11) is 0. The SMILES string of the molecule is CCNCc1cnccc1N1CCCC(C)C1. The predicted octanol–water partition coefficient (Wildman–Crippen LogP) is 2.43. The van der Waals surface area contributed by atoms with E-state index in [4.69, 9.17) is 0 Å². The van der Waals surface area contributed by atoms with Crippen molar-refractivity contribution >= 4 is 5.69 Å². The molecule has 0 aliphatic carbocycles. The lowest BCUT2D eigenvalue weighted by Gasteiger charge is -2.34. The second kappa shape index (κ2) is 6.01. The van der Waals surface area contributed by atoms with Gasteiger partial charge in [-0.3, -0.25) is 4.98 Å². The van der Waals surface area contributed by atoms with Crippen LogP contribution in [0.25, 0.3) is 0 Å². The molecule has 1 N–H and O–H groups in total. The Kier molecular flexibility index (Phi) is 4.37. The number of hydrogen-bond acceptors (Lipinski definition) is 3. The molecule has 1 aromatic rings. The highest BCUT2D eigenvalue weighted by atomic mass is 15.1. The zero-order valence-electron chi connectivity index (χ0n) is 10.9. The molecular weight excluding hydrogens is 210 g/mol. The molecule has 0 bridgehead atoms. The van der Waals surface area contributed by atoms with Crippen LogP contribution in [-0.4, -0.2) is 24.6 Å². The summed E-state index contributed by atoms with van der Waals surface area (Å²) < 4.78 is 0. The third-order valence-corrected chi connectivity index (χ3v) is 3.44. The van der Waals surface area contributed by atoms with E-state index in [2.05, 4.69) is 35.1 Å². The van der Waals surface area contributed by atoms with Crippen molar-refractivity contribution in [2.45, 2.75) is 33.2 Å². The van der Waals surface area contributed by atoms with E-state index in [1.165, 1.54) is 37.2 Å². The van der Waals surface area contributed by atoms with Crippen LogP contribution in [0.15, 0.2) is 18.5 Å². The smallest absolute Gasteiger partial charge is 0.0442 e. The molecule has 1 aliphatic rings. The van der Waals surface area contributed by atoms with E-state index in [0.717, 1.165) is 19.0 Å². The number of pyridine rings is 1. The fourth-order valence-corrected chi connectivity index (χ4v) is 2.53. The molecule has 0 spiro atoms. The molecular formula is C14H23N3. The molecule has 94 valence electrons. The fourth-order valence-electron chi connectivity index (χ4n) is 2.53. The van der Waals surface area contributed by atoms with Gasteiger partial charge in [-0.1, -0.05) is 13.8 Å². The molecule has 3 nitrogen and oxygen atoms in total. The van der Waals surface area contributed by atoms with Crippen molar-refractivity contribution < 1.29 is 0 Å². The van der Waals surface area contributed by atoms with Crippen molar-refractivity contribution in [2.75, 3.05) is 24.5 Å². The van der Waals surface area contributed by atoms with E-state index in [9.17, 15) is 0 Å². The Bertz CT molecular complexity index is 351. The Morgan fingerprint density at radius 1 is 1.53 bits per heavy atom. The lowest BCUT2D eigenvalue weighted by molar-refractivity contribution is 0.446. The first kappa shape index (κ1) is 12.4. The average Bonchev–Trinajstić information content (AvgIpc) is 2.37. The Hall–Kier alpha value is -1.09. The Morgan fingerprint density at radius 3 is 3.18 bits per heavy atom. The molecule has 2 rings (SSSR count). The number of aromatic nitrogens is 1. The van der Waals surface area contributed by atoms with E-state index in [1.807, 2.05) is 12.4 Å². The summed E-state index contributed by atoms with van der Waals surface area (Å²) in [5.41, 5.74) is 2.69. The summed E-state index contributed by atoms with van der Waals surface area (Å²) in [5.74, 6) is 0.809. The van der Waals surface area contributed by atoms with E-state index in [1.54, 1.807) is 0 Å². The molecule has 1 fully saturated rings. The summed E-state index contributed by atoms with van der Waals surface area (Å²) in [4.78, 5) is 6.76. The van der Waals surface area contributed by atoms with Gasteiger partial charge in [0.05, 0.1) is 0 Å². The van der Waals surface area contributed by atoms with Gasteiger partial charge >= 0.3 is 0 Å². The summed E-state index contributed by atoms with van der Waals surface area (Å²) in [6.45, 7) is 8.78. The highest BCUT2D eigenvalue weighted by molar-refractivity contribution is 5.52. The highest BCUT2D eigenvalue weighted by Gasteiger charge is 2.18. The minimum atomic E-state index is 0.809. The summed E-state index contributed by atoms with van der Waals surface area (Å²) in [6.07, 6.45) is 6.58. The maximum absolute atomic E-state index is 4.25. The third kappa shape index (κ3) is 3.19. The molecule has 0 saturated carbocycles. The molecule has 0 radical (unpaired) electrons. The second-order valence-electron chi connectivity index (χ2n) is 4.98. The van der Waals surface area contributed by atoms with Crippen molar-refractivity contribution in [3.05, 3.63) is 24.0 Å². The van der Waals surface area contributed by atoms with Gasteiger partial charge in [-0.25, -0.2) is 0 Å². The highest BCUT2D eigenvalue weighted by Crippen LogP contribution is 2.25. The molecule has 1 aliphatic heterocycles. The van der Waals surface area contributed by atoms with Gasteiger partial charge in [-0.15, -0.1) is 0 Å². The zero-order chi connectivity index (χ0) is 12.1. The first-order valence-electron chi connectivity index (χ1n) is 6.69. The predicted molar refractivity (Wildman–Crippen MR) is 72.2 cm³/mol. The normalized spacial score (nSPS) is 20.6. The molecule has 2 heterocycles. The Labute approximate surface area is 104 Å². The number of rotatable bonds is 4. The number of piperidine rings is 1. The van der Waals surface area contributed by atoms with E-state index >= 15 is 0 Å². The minimum Gasteiger partial charge on any atom is -0.371 e. The largest absolute Gasteiger partial charge is 0.371 e. The Balaban J connectivity index is 2.12. The third-order valence-electron chi connectivity index (χ3n) is 3.44. The molecule has 1 unspecified atom stereocenters. The van der Waals surface area contributed by atoms with Gasteiger partial charge in [0.2, 0.25) is 0 Å². The second-order valence-corrected chi connectivity index (χ2v) is 4.98. The lowest BCUT2D eigenvalue weighted by atomic mass is 9.99. The summed E-state index contributed by atoms with van der Waals surface area (Å²) in [5, 5.41) is 3.39. The first-order valence-corrected chi connectivity index (χ1v) is 6.69. The fraction of sp³-hybridized carbons (Fsp3) is 0.643. The molecule has 17 heavy (non-hydrogen) atoms. The van der Waals surface area contributed by atoms with E-state index in [-0.39, 0.29) is 0 Å². The van der Waals surface area contributed by atoms with Crippen molar-refractivity contribution in [2.24, 2.45) is 5.92 Å². The minimum absolute atomic E-state index is 0.809. The summed E-state index contributed by atoms with van der Waals surface area (Å²) >= 11 is 0. The van der Waals surface area contributed by atoms with Crippen LogP contribution in [-0.2, 0) is 6.54 Å². The molecule has 0 aromatic carbocycles. The van der Waals surface area contributed by atoms with Crippen LogP contribution in [0.4, 0.5) is 5.69 Å². The van der Waals surface area contributed by atoms with Crippen LogP contribution in [0.5, 0.6) is 0 Å². The van der Waals surface area contributed by atoms with Crippen LogP contribution in [0.3, 0.4) is 0 Å². The zero-order valence-corrected chi connectivity index (χ0v) is 10.9. The van der Waals surface area contributed by atoms with Crippen LogP contribution in [0.1, 0.15) is 32.3 Å². The lowest BCUT2D eigenvalue weighted by Crippen LogP contribution is -2.35. The maximum Gasteiger partial charge on any atom is 0.0442 e. The van der Waals surface area contributed by atoms with Gasteiger partial charge in [0, 0.05) is 43.3 Å². The first-order chi connectivity index (χ1) is 8.31. The van der Waals surface area contributed by atoms with Crippen molar-refractivity contribution in [1.82, 2.24) is 10.3 Å². The van der Waals surface area contributed by atoms with Gasteiger partial charge in [0.25, 0.3) is 0 Å². The van der Waals surface area contributed by atoms with Gasteiger partial charge in [0.1, 0.15) is 0 Å². The monoisotopic (exact) mass is 233 g/mol. The van der Waals surface area contributed by atoms with Crippen LogP contribution in [0, 0.1) is 5.92 Å². The average molecular weight is 233 g/mol. The maximum atomic E-state index is 4.25. The van der Waals surface area contributed by atoms with Gasteiger partial charge in [-0.2, -0.15) is 0 Å². The van der Waals surface area contributed by atoms with Crippen molar-refractivity contribution in [3.8, 4) is 0 Å². The number of anilines is 1. The molecule has 3 heteroatoms. The summed E-state index contributed by atoms with van der Waals surface area (Å²) in [6, 6.07) is 2.16. The van der Waals surface area contributed by atoms with E-state index in [0.29, 0.717) is 0 Å². The number of nitrogens with one attached hydrogen (secondary N) is 1. The molecule has 1 atom stereocenters. The van der Waals surface area contributed by atoms with Crippen LogP contribution >= 0.6 is 0 Å². The van der Waals surface area contributed by atoms with Gasteiger partial charge < -0.3 is 10.2 Å². The van der Waals surface area contributed by atoms with Crippen LogP contribution < -0.4 is 10.2 Å². The topological polar surface area (TPSA) is 28.2 Å². The van der Waals surface area contributed by atoms with Crippen molar-refractivity contribution in [1.29, 1.82) is 0 Å². The Morgan fingerprint density at radius 2 is 2.41 bits per heavy atom. The molecule has 1 aromatic heterocycles.